The van der Waals surface area contributed by atoms with Gasteiger partial charge in [-0.05, 0) is 68.3 Å². The summed E-state index contributed by atoms with van der Waals surface area (Å²) in [4.78, 5) is 14.3. The number of amides is 1. The van der Waals surface area contributed by atoms with Crippen LogP contribution in [0.5, 0.6) is 5.75 Å². The number of fused-ring (bicyclic) bond motifs is 1. The Labute approximate surface area is 212 Å². The molecule has 1 aromatic heterocycles. The lowest BCUT2D eigenvalue weighted by Crippen LogP contribution is -2.33. The molecule has 1 heterocycles. The number of ether oxygens (including phenoxy) is 1. The fourth-order valence-corrected chi connectivity index (χ4v) is 4.48. The zero-order valence-corrected chi connectivity index (χ0v) is 21.1. The molecule has 0 saturated carbocycles. The third kappa shape index (κ3) is 4.86. The number of carbonyl (C=O) groups is 1. The summed E-state index contributed by atoms with van der Waals surface area (Å²) < 4.78 is 36.4. The standard InChI is InChI=1S/C27H24Cl2F2N2O2/c1-4-32(5-2)27(34)35-24-11-10-23-18(25(24)17-7-9-22(30)21(29)14-17)12-13-33(23)15-19-20(28)8-6-16(3)26(19)31/h6-14H,4-5,15H2,1-3H3. The summed E-state index contributed by atoms with van der Waals surface area (Å²) >= 11 is 12.4. The Morgan fingerprint density at radius 3 is 2.43 bits per heavy atom. The molecule has 0 N–H and O–H groups in total. The van der Waals surface area contributed by atoms with E-state index in [1.54, 1.807) is 42.2 Å². The summed E-state index contributed by atoms with van der Waals surface area (Å²) in [7, 11) is 0. The molecule has 0 bridgehead atoms. The van der Waals surface area contributed by atoms with Gasteiger partial charge in [-0.3, -0.25) is 0 Å². The van der Waals surface area contributed by atoms with Crippen LogP contribution in [0.15, 0.2) is 54.7 Å². The fraction of sp³-hybridized carbons (Fsp3) is 0.222. The van der Waals surface area contributed by atoms with Gasteiger partial charge in [0.15, 0.2) is 0 Å². The molecule has 0 unspecified atom stereocenters. The molecule has 0 aliphatic carbocycles. The molecule has 0 saturated heterocycles. The van der Waals surface area contributed by atoms with Crippen LogP contribution in [0, 0.1) is 18.6 Å². The van der Waals surface area contributed by atoms with Gasteiger partial charge in [-0.2, -0.15) is 0 Å². The predicted molar refractivity (Wildman–Crippen MR) is 137 cm³/mol. The number of halogens is 4. The molecular formula is C27H24Cl2F2N2O2. The number of carbonyl (C=O) groups excluding carboxylic acids is 1. The van der Waals surface area contributed by atoms with Gasteiger partial charge < -0.3 is 14.2 Å². The van der Waals surface area contributed by atoms with Crippen LogP contribution < -0.4 is 4.74 Å². The van der Waals surface area contributed by atoms with E-state index >= 15 is 0 Å². The summed E-state index contributed by atoms with van der Waals surface area (Å²) in [6.07, 6.45) is 1.32. The van der Waals surface area contributed by atoms with Crippen molar-refractivity contribution in [2.24, 2.45) is 0 Å². The maximum Gasteiger partial charge on any atom is 0.415 e. The number of aryl methyl sites for hydroxylation is 1. The number of rotatable bonds is 6. The predicted octanol–water partition coefficient (Wildman–Crippen LogP) is 8.09. The van der Waals surface area contributed by atoms with Gasteiger partial charge in [0.2, 0.25) is 0 Å². The Morgan fingerprint density at radius 1 is 1.00 bits per heavy atom. The van der Waals surface area contributed by atoms with Crippen LogP contribution in [-0.2, 0) is 6.54 Å². The lowest BCUT2D eigenvalue weighted by atomic mass is 10.0. The Bertz CT molecular complexity index is 1410. The number of benzene rings is 3. The SMILES string of the molecule is CCN(CC)C(=O)Oc1ccc2c(ccn2Cc2c(Cl)ccc(C)c2F)c1-c1ccc(F)c(Cl)c1. The second kappa shape index (κ2) is 10.3. The number of aromatic nitrogens is 1. The fourth-order valence-electron chi connectivity index (χ4n) is 4.10. The van der Waals surface area contributed by atoms with Gasteiger partial charge in [0.1, 0.15) is 17.4 Å². The quantitative estimate of drug-likeness (QED) is 0.259. The minimum Gasteiger partial charge on any atom is -0.410 e. The van der Waals surface area contributed by atoms with Crippen molar-refractivity contribution in [3.05, 3.63) is 87.5 Å². The zero-order chi connectivity index (χ0) is 25.3. The molecule has 182 valence electrons. The first kappa shape index (κ1) is 25.0. The van der Waals surface area contributed by atoms with Crippen molar-refractivity contribution < 1.29 is 18.3 Å². The molecule has 0 atom stereocenters. The second-order valence-electron chi connectivity index (χ2n) is 8.14. The van der Waals surface area contributed by atoms with E-state index in [1.807, 2.05) is 30.7 Å². The molecule has 3 aromatic carbocycles. The van der Waals surface area contributed by atoms with Crippen LogP contribution in [0.4, 0.5) is 13.6 Å². The van der Waals surface area contributed by atoms with Crippen LogP contribution in [-0.4, -0.2) is 28.6 Å². The first-order valence-corrected chi connectivity index (χ1v) is 12.0. The van der Waals surface area contributed by atoms with Gasteiger partial charge in [0, 0.05) is 46.3 Å². The van der Waals surface area contributed by atoms with E-state index in [4.69, 9.17) is 27.9 Å². The highest BCUT2D eigenvalue weighted by Crippen LogP contribution is 2.40. The summed E-state index contributed by atoms with van der Waals surface area (Å²) in [5.41, 5.74) is 2.82. The van der Waals surface area contributed by atoms with Gasteiger partial charge in [0.25, 0.3) is 0 Å². The third-order valence-corrected chi connectivity index (χ3v) is 6.69. The summed E-state index contributed by atoms with van der Waals surface area (Å²) in [5.74, 6) is -0.587. The van der Waals surface area contributed by atoms with Crippen molar-refractivity contribution in [1.29, 1.82) is 0 Å². The number of hydrogen-bond donors (Lipinski definition) is 0. The van der Waals surface area contributed by atoms with E-state index in [2.05, 4.69) is 0 Å². The molecule has 0 spiro atoms. The summed E-state index contributed by atoms with van der Waals surface area (Å²) in [6, 6.07) is 13.0. The molecule has 35 heavy (non-hydrogen) atoms. The molecule has 0 aliphatic heterocycles. The first-order valence-electron chi connectivity index (χ1n) is 11.2. The number of hydrogen-bond acceptors (Lipinski definition) is 2. The smallest absolute Gasteiger partial charge is 0.410 e. The lowest BCUT2D eigenvalue weighted by Gasteiger charge is -2.20. The van der Waals surface area contributed by atoms with Crippen molar-refractivity contribution in [1.82, 2.24) is 9.47 Å². The Balaban J connectivity index is 1.86. The summed E-state index contributed by atoms with van der Waals surface area (Å²) in [6.45, 7) is 6.62. The van der Waals surface area contributed by atoms with Gasteiger partial charge in [0.05, 0.1) is 11.6 Å². The van der Waals surface area contributed by atoms with Gasteiger partial charge in [-0.1, -0.05) is 35.3 Å². The average Bonchev–Trinajstić information content (AvgIpc) is 3.24. The monoisotopic (exact) mass is 516 g/mol. The Hall–Kier alpha value is -3.09. The van der Waals surface area contributed by atoms with Crippen molar-refractivity contribution in [3.63, 3.8) is 0 Å². The normalized spacial score (nSPS) is 11.2. The van der Waals surface area contributed by atoms with Crippen LogP contribution in [0.3, 0.4) is 0 Å². The van der Waals surface area contributed by atoms with E-state index in [-0.39, 0.29) is 17.4 Å². The van der Waals surface area contributed by atoms with E-state index in [0.717, 1.165) is 10.9 Å². The van der Waals surface area contributed by atoms with Crippen LogP contribution in [0.1, 0.15) is 25.0 Å². The zero-order valence-electron chi connectivity index (χ0n) is 19.5. The molecule has 4 rings (SSSR count). The Kier molecular flexibility index (Phi) is 7.33. The minimum absolute atomic E-state index is 0.0476. The highest BCUT2D eigenvalue weighted by Gasteiger charge is 2.20. The topological polar surface area (TPSA) is 34.5 Å². The largest absolute Gasteiger partial charge is 0.415 e. The molecule has 4 aromatic rings. The van der Waals surface area contributed by atoms with Gasteiger partial charge >= 0.3 is 6.09 Å². The van der Waals surface area contributed by atoms with Crippen LogP contribution >= 0.6 is 23.2 Å². The summed E-state index contributed by atoms with van der Waals surface area (Å²) in [5, 5.41) is 1.03. The van der Waals surface area contributed by atoms with Crippen molar-refractivity contribution in [3.8, 4) is 16.9 Å². The van der Waals surface area contributed by atoms with E-state index in [0.29, 0.717) is 46.1 Å². The van der Waals surface area contributed by atoms with E-state index < -0.39 is 11.9 Å². The maximum atomic E-state index is 14.8. The molecular weight excluding hydrogens is 493 g/mol. The van der Waals surface area contributed by atoms with Crippen LogP contribution in [0.25, 0.3) is 22.0 Å². The average molecular weight is 517 g/mol. The highest BCUT2D eigenvalue weighted by atomic mass is 35.5. The van der Waals surface area contributed by atoms with Gasteiger partial charge in [-0.15, -0.1) is 0 Å². The Morgan fingerprint density at radius 2 is 1.74 bits per heavy atom. The van der Waals surface area contributed by atoms with Crippen molar-refractivity contribution in [2.75, 3.05) is 13.1 Å². The first-order chi connectivity index (χ1) is 16.7. The molecule has 8 heteroatoms. The number of nitrogens with zero attached hydrogens (tertiary/aromatic N) is 2. The van der Waals surface area contributed by atoms with E-state index in [1.165, 1.54) is 12.1 Å². The minimum atomic E-state index is -0.550. The van der Waals surface area contributed by atoms with E-state index in [9.17, 15) is 13.6 Å². The molecule has 1 amide bonds. The maximum absolute atomic E-state index is 14.8. The van der Waals surface area contributed by atoms with Crippen molar-refractivity contribution >= 4 is 40.2 Å². The second-order valence-corrected chi connectivity index (χ2v) is 8.96. The van der Waals surface area contributed by atoms with Crippen molar-refractivity contribution in [2.45, 2.75) is 27.3 Å². The lowest BCUT2D eigenvalue weighted by molar-refractivity contribution is 0.157. The molecule has 0 fully saturated rings. The molecule has 4 nitrogen and oxygen atoms in total. The van der Waals surface area contributed by atoms with Crippen LogP contribution in [0.2, 0.25) is 10.0 Å². The third-order valence-electron chi connectivity index (χ3n) is 6.05. The molecule has 0 aliphatic rings. The van der Waals surface area contributed by atoms with Gasteiger partial charge in [-0.25, -0.2) is 13.6 Å². The molecule has 0 radical (unpaired) electrons. The highest BCUT2D eigenvalue weighted by molar-refractivity contribution is 6.31.